The van der Waals surface area contributed by atoms with E-state index in [9.17, 15) is 9.59 Å². The molecule has 0 aliphatic carbocycles. The molecule has 0 saturated heterocycles. The van der Waals surface area contributed by atoms with Crippen molar-refractivity contribution in [1.29, 1.82) is 0 Å². The van der Waals surface area contributed by atoms with Crippen LogP contribution in [0.2, 0.25) is 0 Å². The van der Waals surface area contributed by atoms with Crippen LogP contribution in [0.25, 0.3) is 0 Å². The van der Waals surface area contributed by atoms with E-state index < -0.39 is 0 Å². The summed E-state index contributed by atoms with van der Waals surface area (Å²) in [6.07, 6.45) is 2.20. The fraction of sp³-hybridized carbons (Fsp3) is 0.318. The molecule has 0 radical (unpaired) electrons. The first kappa shape index (κ1) is 19.1. The van der Waals surface area contributed by atoms with Crippen LogP contribution in [0.5, 0.6) is 0 Å². The van der Waals surface area contributed by atoms with Gasteiger partial charge in [0, 0.05) is 25.2 Å². The number of carbonyl (C=O) groups is 1. The molecule has 0 atom stereocenters. The Labute approximate surface area is 169 Å². The van der Waals surface area contributed by atoms with Crippen LogP contribution in [0, 0.1) is 6.92 Å². The zero-order chi connectivity index (χ0) is 20.2. The lowest BCUT2D eigenvalue weighted by atomic mass is 10.1. The summed E-state index contributed by atoms with van der Waals surface area (Å²) in [5.41, 5.74) is 2.68. The van der Waals surface area contributed by atoms with Crippen LogP contribution < -0.4 is 10.9 Å². The molecule has 7 nitrogen and oxygen atoms in total. The van der Waals surface area contributed by atoms with Gasteiger partial charge in [-0.1, -0.05) is 30.3 Å². The number of hydrogen-bond donors (Lipinski definition) is 1. The molecule has 4 rings (SSSR count). The van der Waals surface area contributed by atoms with Crippen molar-refractivity contribution in [3.63, 3.8) is 0 Å². The molecule has 0 spiro atoms. The molecular formula is C22H24N4O3. The number of rotatable bonds is 6. The molecule has 1 aliphatic heterocycles. The topological polar surface area (TPSA) is 80.4 Å². The molecular weight excluding hydrogens is 368 g/mol. The minimum absolute atomic E-state index is 0.0423. The average molecular weight is 392 g/mol. The second kappa shape index (κ2) is 8.45. The Hall–Kier alpha value is -3.19. The predicted molar refractivity (Wildman–Crippen MR) is 108 cm³/mol. The number of nitrogens with one attached hydrogen (secondary N) is 1. The lowest BCUT2D eigenvalue weighted by Gasteiger charge is -2.28. The van der Waals surface area contributed by atoms with Gasteiger partial charge in [0.25, 0.3) is 5.56 Å². The van der Waals surface area contributed by atoms with Gasteiger partial charge < -0.3 is 9.73 Å². The lowest BCUT2D eigenvalue weighted by molar-refractivity contribution is -0.122. The summed E-state index contributed by atoms with van der Waals surface area (Å²) in [6, 6.07) is 13.8. The molecule has 1 aliphatic rings. The van der Waals surface area contributed by atoms with E-state index in [1.165, 1.54) is 10.1 Å². The third kappa shape index (κ3) is 4.46. The minimum atomic E-state index is -0.241. The van der Waals surface area contributed by atoms with Gasteiger partial charge in [-0.05, 0) is 31.0 Å². The number of hydrogen-bond acceptors (Lipinski definition) is 5. The Bertz CT molecular complexity index is 1040. The van der Waals surface area contributed by atoms with Gasteiger partial charge in [-0.15, -0.1) is 0 Å². The number of furan rings is 1. The zero-order valence-corrected chi connectivity index (χ0v) is 16.4. The van der Waals surface area contributed by atoms with Crippen LogP contribution >= 0.6 is 0 Å². The molecule has 0 bridgehead atoms. The fourth-order valence-corrected chi connectivity index (χ4v) is 3.66. The average Bonchev–Trinajstić information content (AvgIpc) is 3.24. The standard InChI is InChI=1S/C22H24N4O3/c1-16-24-20-14-25(13-17-6-3-2-4-7-17)10-9-19(20)22(28)26(16)15-21(27)23-12-18-8-5-11-29-18/h2-8,11H,9-10,12-15H2,1H3,(H,23,27). The summed E-state index contributed by atoms with van der Waals surface area (Å²) in [7, 11) is 0. The van der Waals surface area contributed by atoms with E-state index in [1.807, 2.05) is 18.2 Å². The quantitative estimate of drug-likeness (QED) is 0.694. The molecule has 3 heterocycles. The van der Waals surface area contributed by atoms with Crippen molar-refractivity contribution in [2.24, 2.45) is 0 Å². The van der Waals surface area contributed by atoms with E-state index in [0.717, 1.165) is 24.3 Å². The SMILES string of the molecule is Cc1nc2c(c(=O)n1CC(=O)NCc1ccco1)CCN(Cc1ccccc1)C2. The zero-order valence-electron chi connectivity index (χ0n) is 16.4. The maximum atomic E-state index is 13.0. The van der Waals surface area contributed by atoms with Gasteiger partial charge >= 0.3 is 0 Å². The maximum absolute atomic E-state index is 13.0. The highest BCUT2D eigenvalue weighted by Crippen LogP contribution is 2.17. The first-order valence-electron chi connectivity index (χ1n) is 9.74. The molecule has 0 saturated carbocycles. The summed E-state index contributed by atoms with van der Waals surface area (Å²) < 4.78 is 6.67. The maximum Gasteiger partial charge on any atom is 0.257 e. The highest BCUT2D eigenvalue weighted by molar-refractivity contribution is 5.75. The van der Waals surface area contributed by atoms with Crippen molar-refractivity contribution in [2.75, 3.05) is 6.54 Å². The Kier molecular flexibility index (Phi) is 5.57. The smallest absolute Gasteiger partial charge is 0.257 e. The van der Waals surface area contributed by atoms with Crippen LogP contribution in [0.4, 0.5) is 0 Å². The van der Waals surface area contributed by atoms with Gasteiger partial charge in [0.1, 0.15) is 18.1 Å². The second-order valence-electron chi connectivity index (χ2n) is 7.28. The summed E-state index contributed by atoms with van der Waals surface area (Å²) in [5.74, 6) is 0.989. The van der Waals surface area contributed by atoms with Crippen LogP contribution in [0.15, 0.2) is 57.9 Å². The third-order valence-corrected chi connectivity index (χ3v) is 5.18. The van der Waals surface area contributed by atoms with Gasteiger partial charge in [0.2, 0.25) is 5.91 Å². The predicted octanol–water partition coefficient (Wildman–Crippen LogP) is 2.02. The van der Waals surface area contributed by atoms with Crippen molar-refractivity contribution in [3.05, 3.63) is 87.5 Å². The molecule has 7 heteroatoms. The van der Waals surface area contributed by atoms with Gasteiger partial charge in [-0.2, -0.15) is 0 Å². The van der Waals surface area contributed by atoms with Crippen LogP contribution in [0.1, 0.15) is 28.4 Å². The minimum Gasteiger partial charge on any atom is -0.467 e. The molecule has 0 unspecified atom stereocenters. The highest BCUT2D eigenvalue weighted by atomic mass is 16.3. The molecule has 3 aromatic rings. The third-order valence-electron chi connectivity index (χ3n) is 5.18. The summed E-state index contributed by atoms with van der Waals surface area (Å²) in [6.45, 7) is 4.31. The monoisotopic (exact) mass is 392 g/mol. The van der Waals surface area contributed by atoms with E-state index in [-0.39, 0.29) is 18.0 Å². The van der Waals surface area contributed by atoms with Crippen LogP contribution in [-0.4, -0.2) is 26.9 Å². The Morgan fingerprint density at radius 2 is 2.03 bits per heavy atom. The van der Waals surface area contributed by atoms with Crippen LogP contribution in [-0.2, 0) is 37.4 Å². The Morgan fingerprint density at radius 1 is 1.21 bits per heavy atom. The van der Waals surface area contributed by atoms with Crippen molar-refractivity contribution < 1.29 is 9.21 Å². The van der Waals surface area contributed by atoms with Crippen molar-refractivity contribution in [1.82, 2.24) is 19.8 Å². The first-order chi connectivity index (χ1) is 14.1. The number of nitrogens with zero attached hydrogens (tertiary/aromatic N) is 3. The molecule has 1 aromatic carbocycles. The first-order valence-corrected chi connectivity index (χ1v) is 9.74. The lowest BCUT2D eigenvalue weighted by Crippen LogP contribution is -2.40. The normalized spacial score (nSPS) is 13.8. The highest BCUT2D eigenvalue weighted by Gasteiger charge is 2.23. The van der Waals surface area contributed by atoms with E-state index in [1.54, 1.807) is 25.3 Å². The Morgan fingerprint density at radius 3 is 2.79 bits per heavy atom. The number of amides is 1. The Balaban J connectivity index is 1.45. The summed E-state index contributed by atoms with van der Waals surface area (Å²) in [4.78, 5) is 32.2. The van der Waals surface area contributed by atoms with Gasteiger partial charge in [-0.3, -0.25) is 19.1 Å². The van der Waals surface area contributed by atoms with Crippen LogP contribution in [0.3, 0.4) is 0 Å². The molecule has 150 valence electrons. The summed E-state index contributed by atoms with van der Waals surface area (Å²) in [5, 5.41) is 2.77. The molecule has 1 N–H and O–H groups in total. The number of benzene rings is 1. The fourth-order valence-electron chi connectivity index (χ4n) is 3.66. The van der Waals surface area contributed by atoms with Gasteiger partial charge in [-0.25, -0.2) is 4.98 Å². The number of fused-ring (bicyclic) bond motifs is 1. The van der Waals surface area contributed by atoms with Crippen molar-refractivity contribution in [3.8, 4) is 0 Å². The van der Waals surface area contributed by atoms with E-state index in [2.05, 4.69) is 27.3 Å². The molecule has 1 amide bonds. The largest absolute Gasteiger partial charge is 0.467 e. The van der Waals surface area contributed by atoms with E-state index in [0.29, 0.717) is 31.1 Å². The van der Waals surface area contributed by atoms with Gasteiger partial charge in [0.05, 0.1) is 18.5 Å². The molecule has 0 fully saturated rings. The number of aryl methyl sites for hydroxylation is 1. The van der Waals surface area contributed by atoms with E-state index in [4.69, 9.17) is 4.42 Å². The van der Waals surface area contributed by atoms with Gasteiger partial charge in [0.15, 0.2) is 0 Å². The second-order valence-corrected chi connectivity index (χ2v) is 7.28. The van der Waals surface area contributed by atoms with E-state index >= 15 is 0 Å². The van der Waals surface area contributed by atoms with Crippen molar-refractivity contribution in [2.45, 2.75) is 39.5 Å². The van der Waals surface area contributed by atoms with Crippen molar-refractivity contribution >= 4 is 5.91 Å². The molecule has 2 aromatic heterocycles. The number of aromatic nitrogens is 2. The molecule has 29 heavy (non-hydrogen) atoms. The number of carbonyl (C=O) groups excluding carboxylic acids is 1. The summed E-state index contributed by atoms with van der Waals surface area (Å²) >= 11 is 0.